The molecule has 1 aromatic carbocycles. The lowest BCUT2D eigenvalue weighted by Gasteiger charge is -2.30. The highest BCUT2D eigenvalue weighted by Gasteiger charge is 2.30. The Morgan fingerprint density at radius 1 is 1.32 bits per heavy atom. The van der Waals surface area contributed by atoms with E-state index in [2.05, 4.69) is 22.9 Å². The van der Waals surface area contributed by atoms with Crippen molar-refractivity contribution in [3.63, 3.8) is 0 Å². The Hall–Kier alpha value is 0.190. The van der Waals surface area contributed by atoms with Crippen LogP contribution in [0.15, 0.2) is 21.5 Å². The summed E-state index contributed by atoms with van der Waals surface area (Å²) in [6.07, 6.45) is 1.95. The van der Waals surface area contributed by atoms with Crippen molar-refractivity contribution < 1.29 is 8.42 Å². The molecule has 1 aromatic rings. The number of halogens is 3. The second-order valence-electron chi connectivity index (χ2n) is 4.81. The van der Waals surface area contributed by atoms with Crippen molar-refractivity contribution in [1.82, 2.24) is 4.31 Å². The second kappa shape index (κ2) is 5.90. The molecule has 0 N–H and O–H groups in total. The van der Waals surface area contributed by atoms with E-state index >= 15 is 0 Å². The van der Waals surface area contributed by atoms with Gasteiger partial charge in [0.05, 0.1) is 14.9 Å². The molecule has 0 aliphatic carbocycles. The fourth-order valence-electron chi connectivity index (χ4n) is 2.21. The van der Waals surface area contributed by atoms with Gasteiger partial charge >= 0.3 is 0 Å². The van der Waals surface area contributed by atoms with E-state index in [4.69, 9.17) is 23.2 Å². The van der Waals surface area contributed by atoms with Crippen LogP contribution in [0.5, 0.6) is 0 Å². The summed E-state index contributed by atoms with van der Waals surface area (Å²) in [5.41, 5.74) is 0. The van der Waals surface area contributed by atoms with Gasteiger partial charge in [-0.1, -0.05) is 30.1 Å². The third-order valence-corrected chi connectivity index (χ3v) is 6.76. The highest BCUT2D eigenvalue weighted by atomic mass is 79.9. The molecule has 1 saturated heterocycles. The summed E-state index contributed by atoms with van der Waals surface area (Å²) in [4.78, 5) is 0.177. The fraction of sp³-hybridized carbons (Fsp3) is 0.500. The highest BCUT2D eigenvalue weighted by Crippen LogP contribution is 2.34. The molecule has 1 heterocycles. The molecule has 1 aliphatic heterocycles. The number of hydrogen-bond acceptors (Lipinski definition) is 2. The molecule has 1 aliphatic rings. The first-order valence-corrected chi connectivity index (χ1v) is 8.96. The molecule has 1 fully saturated rings. The first-order chi connectivity index (χ1) is 8.82. The Labute approximate surface area is 132 Å². The fourth-order valence-corrected chi connectivity index (χ4v) is 5.36. The SMILES string of the molecule is CC1CCCN(S(=O)(=O)c2cc(Cl)c(Cl)cc2Br)C1. The van der Waals surface area contributed by atoms with Gasteiger partial charge in [-0.15, -0.1) is 0 Å². The van der Waals surface area contributed by atoms with Crippen molar-refractivity contribution in [3.05, 3.63) is 26.7 Å². The van der Waals surface area contributed by atoms with Gasteiger partial charge in [0.2, 0.25) is 10.0 Å². The standard InChI is InChI=1S/C12H14BrCl2NO2S/c1-8-3-2-4-16(7-8)19(17,18)12-6-11(15)10(14)5-9(12)13/h5-6,8H,2-4,7H2,1H3. The number of rotatable bonds is 2. The lowest BCUT2D eigenvalue weighted by atomic mass is 10.0. The van der Waals surface area contributed by atoms with Crippen LogP contribution in [0, 0.1) is 5.92 Å². The number of benzene rings is 1. The monoisotopic (exact) mass is 385 g/mol. The van der Waals surface area contributed by atoms with Crippen LogP contribution in [-0.2, 0) is 10.0 Å². The van der Waals surface area contributed by atoms with Crippen LogP contribution in [0.4, 0.5) is 0 Å². The average molecular weight is 387 g/mol. The summed E-state index contributed by atoms with van der Waals surface area (Å²) in [7, 11) is -3.52. The molecule has 7 heteroatoms. The molecular formula is C12H14BrCl2NO2S. The van der Waals surface area contributed by atoms with E-state index in [0.29, 0.717) is 28.5 Å². The van der Waals surface area contributed by atoms with Gasteiger partial charge in [-0.3, -0.25) is 0 Å². The summed E-state index contributed by atoms with van der Waals surface area (Å²) in [6.45, 7) is 3.17. The van der Waals surface area contributed by atoms with Gasteiger partial charge in [0.25, 0.3) is 0 Å². The number of sulfonamides is 1. The minimum atomic E-state index is -3.52. The first-order valence-electron chi connectivity index (χ1n) is 5.97. The molecular weight excluding hydrogens is 373 g/mol. The van der Waals surface area contributed by atoms with E-state index in [1.807, 2.05) is 0 Å². The molecule has 0 aromatic heterocycles. The molecule has 0 spiro atoms. The Morgan fingerprint density at radius 3 is 2.58 bits per heavy atom. The van der Waals surface area contributed by atoms with Gasteiger partial charge in [-0.2, -0.15) is 4.31 Å². The molecule has 0 saturated carbocycles. The van der Waals surface area contributed by atoms with Crippen LogP contribution in [-0.4, -0.2) is 25.8 Å². The normalized spacial score (nSPS) is 21.6. The third-order valence-electron chi connectivity index (χ3n) is 3.21. The average Bonchev–Trinajstić information content (AvgIpc) is 2.33. The summed E-state index contributed by atoms with van der Waals surface area (Å²) in [5, 5.41) is 0.577. The maximum Gasteiger partial charge on any atom is 0.244 e. The van der Waals surface area contributed by atoms with Crippen LogP contribution in [0.2, 0.25) is 10.0 Å². The number of hydrogen-bond donors (Lipinski definition) is 0. The van der Waals surface area contributed by atoms with Crippen molar-refractivity contribution in [1.29, 1.82) is 0 Å². The maximum atomic E-state index is 12.6. The maximum absolute atomic E-state index is 12.6. The zero-order valence-corrected chi connectivity index (χ0v) is 14.3. The number of piperidine rings is 1. The topological polar surface area (TPSA) is 37.4 Å². The zero-order chi connectivity index (χ0) is 14.2. The second-order valence-corrected chi connectivity index (χ2v) is 8.38. The van der Waals surface area contributed by atoms with E-state index in [9.17, 15) is 8.42 Å². The van der Waals surface area contributed by atoms with Crippen LogP contribution >= 0.6 is 39.1 Å². The smallest absolute Gasteiger partial charge is 0.207 e. The number of nitrogens with zero attached hydrogens (tertiary/aromatic N) is 1. The van der Waals surface area contributed by atoms with Gasteiger partial charge in [0.15, 0.2) is 0 Å². The Balaban J connectivity index is 2.42. The molecule has 2 rings (SSSR count). The van der Waals surface area contributed by atoms with Crippen molar-refractivity contribution in [2.24, 2.45) is 5.92 Å². The van der Waals surface area contributed by atoms with E-state index in [-0.39, 0.29) is 9.92 Å². The molecule has 0 radical (unpaired) electrons. The van der Waals surface area contributed by atoms with E-state index in [1.165, 1.54) is 16.4 Å². The van der Waals surface area contributed by atoms with Gasteiger partial charge in [-0.25, -0.2) is 8.42 Å². The van der Waals surface area contributed by atoms with Crippen LogP contribution in [0.25, 0.3) is 0 Å². The molecule has 1 unspecified atom stereocenters. The molecule has 0 amide bonds. The highest BCUT2D eigenvalue weighted by molar-refractivity contribution is 9.10. The predicted octanol–water partition coefficient (Wildman–Crippen LogP) is 4.18. The first kappa shape index (κ1) is 15.6. The van der Waals surface area contributed by atoms with Crippen molar-refractivity contribution in [3.8, 4) is 0 Å². The quantitative estimate of drug-likeness (QED) is 0.715. The van der Waals surface area contributed by atoms with Crippen molar-refractivity contribution >= 4 is 49.2 Å². The zero-order valence-electron chi connectivity index (χ0n) is 10.4. The Bertz CT molecular complexity index is 592. The lowest BCUT2D eigenvalue weighted by molar-refractivity contribution is 0.281. The van der Waals surface area contributed by atoms with Crippen LogP contribution in [0.1, 0.15) is 19.8 Å². The predicted molar refractivity (Wildman–Crippen MR) is 81.3 cm³/mol. The van der Waals surface area contributed by atoms with Gasteiger partial charge in [0.1, 0.15) is 0 Å². The van der Waals surface area contributed by atoms with Gasteiger partial charge in [0, 0.05) is 17.6 Å². The largest absolute Gasteiger partial charge is 0.244 e. The summed E-state index contributed by atoms with van der Waals surface area (Å²) < 4.78 is 27.2. The third kappa shape index (κ3) is 3.27. The summed E-state index contributed by atoms with van der Waals surface area (Å²) in [5.74, 6) is 0.380. The van der Waals surface area contributed by atoms with Crippen LogP contribution in [0.3, 0.4) is 0 Å². The summed E-state index contributed by atoms with van der Waals surface area (Å²) in [6, 6.07) is 2.92. The molecule has 3 nitrogen and oxygen atoms in total. The van der Waals surface area contributed by atoms with E-state index < -0.39 is 10.0 Å². The molecule has 106 valence electrons. The molecule has 0 bridgehead atoms. The lowest BCUT2D eigenvalue weighted by Crippen LogP contribution is -2.39. The molecule has 19 heavy (non-hydrogen) atoms. The van der Waals surface area contributed by atoms with Gasteiger partial charge < -0.3 is 0 Å². The minimum Gasteiger partial charge on any atom is -0.207 e. The van der Waals surface area contributed by atoms with E-state index in [1.54, 1.807) is 0 Å². The Morgan fingerprint density at radius 2 is 1.95 bits per heavy atom. The van der Waals surface area contributed by atoms with Crippen LogP contribution < -0.4 is 0 Å². The van der Waals surface area contributed by atoms with Crippen molar-refractivity contribution in [2.75, 3.05) is 13.1 Å². The Kier molecular flexibility index (Phi) is 4.83. The summed E-state index contributed by atoms with van der Waals surface area (Å²) >= 11 is 15.0. The van der Waals surface area contributed by atoms with E-state index in [0.717, 1.165) is 12.8 Å². The van der Waals surface area contributed by atoms with Gasteiger partial charge in [-0.05, 0) is 46.8 Å². The minimum absolute atomic E-state index is 0.177. The van der Waals surface area contributed by atoms with Crippen molar-refractivity contribution in [2.45, 2.75) is 24.7 Å². The molecule has 1 atom stereocenters.